The fourth-order valence-electron chi connectivity index (χ4n) is 0.954. The van der Waals surface area contributed by atoms with E-state index in [1.54, 1.807) is 14.1 Å². The molecule has 0 spiro atoms. The molecule has 1 saturated heterocycles. The zero-order chi connectivity index (χ0) is 9.30. The predicted molar refractivity (Wildman–Crippen MR) is 45.6 cm³/mol. The zero-order valence-corrected chi connectivity index (χ0v) is 7.71. The third-order valence-electron chi connectivity index (χ3n) is 1.62. The number of carbonyl (C=O) groups is 1. The maximum absolute atomic E-state index is 11.4. The van der Waals surface area contributed by atoms with Crippen LogP contribution in [0.4, 0.5) is 0 Å². The summed E-state index contributed by atoms with van der Waals surface area (Å²) in [6.45, 7) is 3.67. The highest BCUT2D eigenvalue weighted by Gasteiger charge is 2.31. The molecule has 0 atom stereocenters. The van der Waals surface area contributed by atoms with E-state index < -0.39 is 0 Å². The fraction of sp³-hybridized carbons (Fsp3) is 0.500. The summed E-state index contributed by atoms with van der Waals surface area (Å²) in [5.74, 6) is 0.258. The Kier molecular flexibility index (Phi) is 2.17. The van der Waals surface area contributed by atoms with Crippen molar-refractivity contribution in [2.24, 2.45) is 4.99 Å². The van der Waals surface area contributed by atoms with Crippen LogP contribution in [-0.4, -0.2) is 30.9 Å². The molecule has 1 amide bonds. The van der Waals surface area contributed by atoms with Gasteiger partial charge in [-0.25, -0.2) is 4.99 Å². The minimum atomic E-state index is -0.129. The summed E-state index contributed by atoms with van der Waals surface area (Å²) in [6, 6.07) is 0.358. The molecule has 0 bridgehead atoms. The molecule has 4 nitrogen and oxygen atoms in total. The van der Waals surface area contributed by atoms with E-state index in [1.165, 1.54) is 4.90 Å². The summed E-state index contributed by atoms with van der Waals surface area (Å²) in [6.07, 6.45) is 0. The van der Waals surface area contributed by atoms with Crippen LogP contribution in [0.15, 0.2) is 16.3 Å². The third-order valence-corrected chi connectivity index (χ3v) is 1.62. The standard InChI is InChI=1S/C8H12N2O2/c1-5(2)6-7(11)10(4)8(9-3)12-6/h1-4H3. The van der Waals surface area contributed by atoms with Crippen molar-refractivity contribution in [2.75, 3.05) is 14.1 Å². The summed E-state index contributed by atoms with van der Waals surface area (Å²) < 4.78 is 5.20. The quantitative estimate of drug-likeness (QED) is 0.501. The monoisotopic (exact) mass is 168 g/mol. The summed E-state index contributed by atoms with van der Waals surface area (Å²) in [7, 11) is 3.23. The van der Waals surface area contributed by atoms with Crippen LogP contribution in [0, 0.1) is 0 Å². The van der Waals surface area contributed by atoms with Crippen molar-refractivity contribution in [1.29, 1.82) is 0 Å². The second-order valence-electron chi connectivity index (χ2n) is 2.80. The number of aliphatic imine (C=N–C) groups is 1. The van der Waals surface area contributed by atoms with E-state index in [2.05, 4.69) is 4.99 Å². The molecule has 0 saturated carbocycles. The molecule has 1 rings (SSSR count). The first-order valence-corrected chi connectivity index (χ1v) is 3.68. The van der Waals surface area contributed by atoms with Gasteiger partial charge in [0.25, 0.3) is 11.9 Å². The molecule has 0 aliphatic carbocycles. The molecule has 1 aliphatic heterocycles. The van der Waals surface area contributed by atoms with Crippen LogP contribution in [-0.2, 0) is 9.53 Å². The highest BCUT2D eigenvalue weighted by atomic mass is 16.5. The SMILES string of the molecule is CN=C1OC(=C(C)C)C(=O)N1C. The minimum absolute atomic E-state index is 0.129. The Morgan fingerprint density at radius 1 is 1.50 bits per heavy atom. The van der Waals surface area contributed by atoms with Crippen LogP contribution in [0.2, 0.25) is 0 Å². The first kappa shape index (κ1) is 8.77. The molecule has 66 valence electrons. The van der Waals surface area contributed by atoms with E-state index in [4.69, 9.17) is 4.74 Å². The van der Waals surface area contributed by atoms with E-state index in [1.807, 2.05) is 13.8 Å². The lowest BCUT2D eigenvalue weighted by molar-refractivity contribution is -0.122. The lowest BCUT2D eigenvalue weighted by Crippen LogP contribution is -2.24. The number of allylic oxidation sites excluding steroid dienone is 1. The Bertz CT molecular complexity index is 275. The molecular formula is C8H12N2O2. The summed E-state index contributed by atoms with van der Waals surface area (Å²) in [4.78, 5) is 16.6. The van der Waals surface area contributed by atoms with Crippen LogP contribution in [0.25, 0.3) is 0 Å². The van der Waals surface area contributed by atoms with Gasteiger partial charge in [0.2, 0.25) is 0 Å². The number of hydrogen-bond donors (Lipinski definition) is 0. The van der Waals surface area contributed by atoms with Gasteiger partial charge in [0, 0.05) is 14.1 Å². The number of ether oxygens (including phenoxy) is 1. The topological polar surface area (TPSA) is 41.9 Å². The highest BCUT2D eigenvalue weighted by Crippen LogP contribution is 2.17. The lowest BCUT2D eigenvalue weighted by Gasteiger charge is -2.01. The first-order chi connectivity index (χ1) is 5.57. The van der Waals surface area contributed by atoms with Gasteiger partial charge in [-0.2, -0.15) is 0 Å². The van der Waals surface area contributed by atoms with Crippen LogP contribution >= 0.6 is 0 Å². The van der Waals surface area contributed by atoms with Gasteiger partial charge in [-0.15, -0.1) is 0 Å². The Hall–Kier alpha value is -1.32. The molecule has 4 heteroatoms. The van der Waals surface area contributed by atoms with E-state index >= 15 is 0 Å². The molecule has 12 heavy (non-hydrogen) atoms. The van der Waals surface area contributed by atoms with Crippen molar-refractivity contribution < 1.29 is 9.53 Å². The smallest absolute Gasteiger partial charge is 0.299 e. The number of likely N-dealkylation sites (N-methyl/N-ethyl adjacent to an activating group) is 1. The maximum atomic E-state index is 11.4. The van der Waals surface area contributed by atoms with Crippen molar-refractivity contribution in [3.63, 3.8) is 0 Å². The Labute approximate surface area is 71.5 Å². The van der Waals surface area contributed by atoms with Crippen molar-refractivity contribution in [1.82, 2.24) is 4.90 Å². The van der Waals surface area contributed by atoms with E-state index in [9.17, 15) is 4.79 Å². The number of rotatable bonds is 0. The largest absolute Gasteiger partial charge is 0.420 e. The molecule has 0 N–H and O–H groups in total. The molecule has 0 aromatic rings. The van der Waals surface area contributed by atoms with Gasteiger partial charge in [0.1, 0.15) is 0 Å². The van der Waals surface area contributed by atoms with E-state index in [0.29, 0.717) is 11.8 Å². The van der Waals surface area contributed by atoms with Crippen LogP contribution < -0.4 is 0 Å². The molecule has 1 fully saturated rings. The third kappa shape index (κ3) is 1.20. The average molecular weight is 168 g/mol. The van der Waals surface area contributed by atoms with Crippen LogP contribution in [0.5, 0.6) is 0 Å². The second kappa shape index (κ2) is 2.97. The average Bonchev–Trinajstić information content (AvgIpc) is 2.30. The number of nitrogens with zero attached hydrogens (tertiary/aromatic N) is 2. The van der Waals surface area contributed by atoms with Gasteiger partial charge in [0.05, 0.1) is 0 Å². The Balaban J connectivity index is 3.05. The summed E-state index contributed by atoms with van der Waals surface area (Å²) in [5, 5.41) is 0. The van der Waals surface area contributed by atoms with Gasteiger partial charge >= 0.3 is 0 Å². The molecule has 0 aromatic heterocycles. The van der Waals surface area contributed by atoms with Gasteiger partial charge in [0.15, 0.2) is 5.76 Å². The number of carbonyl (C=O) groups excluding carboxylic acids is 1. The number of amides is 1. The number of amidine groups is 1. The molecule has 0 aromatic carbocycles. The van der Waals surface area contributed by atoms with Gasteiger partial charge in [-0.05, 0) is 19.4 Å². The van der Waals surface area contributed by atoms with E-state index in [0.717, 1.165) is 5.57 Å². The highest BCUT2D eigenvalue weighted by molar-refractivity contribution is 6.09. The van der Waals surface area contributed by atoms with Gasteiger partial charge in [-0.1, -0.05) is 0 Å². The molecular weight excluding hydrogens is 156 g/mol. The normalized spacial score (nSPS) is 20.3. The second-order valence-corrected chi connectivity index (χ2v) is 2.80. The fourth-order valence-corrected chi connectivity index (χ4v) is 0.954. The van der Waals surface area contributed by atoms with Crippen molar-refractivity contribution in [3.05, 3.63) is 11.3 Å². The van der Waals surface area contributed by atoms with Crippen molar-refractivity contribution in [2.45, 2.75) is 13.8 Å². The van der Waals surface area contributed by atoms with Crippen LogP contribution in [0.1, 0.15) is 13.8 Å². The summed E-state index contributed by atoms with van der Waals surface area (Å²) >= 11 is 0. The Morgan fingerprint density at radius 2 is 2.08 bits per heavy atom. The van der Waals surface area contributed by atoms with Gasteiger partial charge < -0.3 is 4.74 Å². The maximum Gasteiger partial charge on any atom is 0.299 e. The lowest BCUT2D eigenvalue weighted by atomic mass is 10.3. The minimum Gasteiger partial charge on any atom is -0.420 e. The van der Waals surface area contributed by atoms with Gasteiger partial charge in [-0.3, -0.25) is 9.69 Å². The first-order valence-electron chi connectivity index (χ1n) is 3.68. The van der Waals surface area contributed by atoms with Crippen LogP contribution in [0.3, 0.4) is 0 Å². The molecule has 1 aliphatic rings. The molecule has 0 unspecified atom stereocenters. The Morgan fingerprint density at radius 3 is 2.33 bits per heavy atom. The van der Waals surface area contributed by atoms with Crippen molar-refractivity contribution in [3.8, 4) is 0 Å². The zero-order valence-electron chi connectivity index (χ0n) is 7.71. The van der Waals surface area contributed by atoms with Crippen molar-refractivity contribution >= 4 is 11.9 Å². The molecule has 0 radical (unpaired) electrons. The molecule has 1 heterocycles. The predicted octanol–water partition coefficient (Wildman–Crippen LogP) is 0.755. The number of hydrogen-bond acceptors (Lipinski definition) is 3. The summed E-state index contributed by atoms with van der Waals surface area (Å²) in [5.41, 5.74) is 0.866. The van der Waals surface area contributed by atoms with E-state index in [-0.39, 0.29) is 5.91 Å².